The predicted octanol–water partition coefficient (Wildman–Crippen LogP) is 6.34. The van der Waals surface area contributed by atoms with Gasteiger partial charge in [0.05, 0.1) is 25.2 Å². The van der Waals surface area contributed by atoms with Crippen LogP contribution in [-0.4, -0.2) is 85.4 Å². The molecule has 1 saturated heterocycles. The van der Waals surface area contributed by atoms with Crippen molar-refractivity contribution < 1.29 is 24.2 Å². The van der Waals surface area contributed by atoms with E-state index in [2.05, 4.69) is 57.4 Å². The summed E-state index contributed by atoms with van der Waals surface area (Å²) in [5, 5.41) is 9.00. The van der Waals surface area contributed by atoms with Crippen LogP contribution in [0.3, 0.4) is 0 Å². The molecule has 0 spiro atoms. The number of carbonyl (C=O) groups is 2. The summed E-state index contributed by atoms with van der Waals surface area (Å²) in [5.41, 5.74) is 1.86. The number of aliphatic hydroxyl groups excluding tert-OH is 1. The summed E-state index contributed by atoms with van der Waals surface area (Å²) in [4.78, 5) is 31.5. The van der Waals surface area contributed by atoms with Crippen LogP contribution in [0.4, 0.5) is 0 Å². The van der Waals surface area contributed by atoms with Crippen molar-refractivity contribution in [1.82, 2.24) is 9.80 Å². The SMILES string of the molecule is CC(=O)O[C@H]1CC[C@@]2(C)C(CC[C@@]3(C)C4CC[C@@]5(C(=O)N6CCN(CCOCCO)CC6)CC[C@@H](C)[C@H](C)C5C4=CCC32)C1(C)C. The Hall–Kier alpha value is -1.44. The van der Waals surface area contributed by atoms with E-state index >= 15 is 0 Å². The van der Waals surface area contributed by atoms with Crippen LogP contribution >= 0.6 is 0 Å². The van der Waals surface area contributed by atoms with E-state index in [0.29, 0.717) is 54.6 Å². The summed E-state index contributed by atoms with van der Waals surface area (Å²) in [5.74, 6) is 3.54. The largest absolute Gasteiger partial charge is 0.462 e. The lowest BCUT2D eigenvalue weighted by atomic mass is 9.36. The second-order valence-corrected chi connectivity index (χ2v) is 17.6. The second-order valence-electron chi connectivity index (χ2n) is 17.6. The first-order chi connectivity index (χ1) is 21.8. The van der Waals surface area contributed by atoms with Gasteiger partial charge in [-0.1, -0.05) is 53.2 Å². The number of ether oxygens (including phenoxy) is 2. The van der Waals surface area contributed by atoms with Gasteiger partial charge in [-0.25, -0.2) is 0 Å². The van der Waals surface area contributed by atoms with Crippen molar-refractivity contribution in [3.05, 3.63) is 11.6 Å². The molecule has 1 aliphatic heterocycles. The summed E-state index contributed by atoms with van der Waals surface area (Å²) in [6.07, 6.45) is 12.7. The number of rotatable bonds is 7. The first-order valence-corrected chi connectivity index (χ1v) is 18.9. The molecule has 4 unspecified atom stereocenters. The molecule has 10 atom stereocenters. The molecule has 7 nitrogen and oxygen atoms in total. The molecular weight excluding hydrogens is 576 g/mol. The molecule has 5 aliphatic carbocycles. The Bertz CT molecular complexity index is 1180. The zero-order valence-electron chi connectivity index (χ0n) is 30.1. The number of fused-ring (bicyclic) bond motifs is 7. The normalized spacial score (nSPS) is 43.8. The number of hydrogen-bond donors (Lipinski definition) is 1. The van der Waals surface area contributed by atoms with Gasteiger partial charge in [-0.05, 0) is 104 Å². The van der Waals surface area contributed by atoms with Crippen LogP contribution in [0.15, 0.2) is 11.6 Å². The van der Waals surface area contributed by atoms with E-state index in [0.717, 1.165) is 77.7 Å². The molecule has 5 fully saturated rings. The Morgan fingerprint density at radius 2 is 1.59 bits per heavy atom. The van der Waals surface area contributed by atoms with Crippen LogP contribution in [-0.2, 0) is 19.1 Å². The third-order valence-electron chi connectivity index (χ3n) is 15.3. The minimum Gasteiger partial charge on any atom is -0.462 e. The quantitative estimate of drug-likeness (QED) is 0.199. The van der Waals surface area contributed by atoms with Gasteiger partial charge in [-0.2, -0.15) is 0 Å². The smallest absolute Gasteiger partial charge is 0.302 e. The average molecular weight is 641 g/mol. The highest BCUT2D eigenvalue weighted by Gasteiger charge is 2.66. The molecule has 6 rings (SSSR count). The van der Waals surface area contributed by atoms with E-state index < -0.39 is 0 Å². The van der Waals surface area contributed by atoms with Gasteiger partial charge in [0.15, 0.2) is 0 Å². The molecule has 0 aromatic rings. The number of allylic oxidation sites excluding steroid dienone is 2. The molecule has 0 bridgehead atoms. The standard InChI is InChI=1S/C39H64N2O5/c1-26-10-16-39(35(44)41-20-18-40(19-21-41)22-24-45-25-23-42)17-11-30-29(34(39)27(26)2)8-9-32-37(30,6)14-12-31-36(4,5)33(46-28(3)43)13-15-38(31,32)7/h8,26-27,30-34,42H,9-25H2,1-7H3/t26-,27+,30?,31?,32?,33+,34?,37+,38+,39+/m1/s1. The average Bonchev–Trinajstić information content (AvgIpc) is 3.02. The molecule has 1 heterocycles. The molecule has 46 heavy (non-hydrogen) atoms. The maximum absolute atomic E-state index is 14.8. The van der Waals surface area contributed by atoms with Gasteiger partial charge in [0.2, 0.25) is 5.91 Å². The van der Waals surface area contributed by atoms with Crippen LogP contribution < -0.4 is 0 Å². The minimum absolute atomic E-state index is 0.00877. The fourth-order valence-corrected chi connectivity index (χ4v) is 12.8. The highest BCUT2D eigenvalue weighted by atomic mass is 16.5. The first-order valence-electron chi connectivity index (χ1n) is 18.9. The third kappa shape index (κ3) is 5.50. The Kier molecular flexibility index (Phi) is 9.57. The Balaban J connectivity index is 1.24. The van der Waals surface area contributed by atoms with Gasteiger partial charge < -0.3 is 19.5 Å². The third-order valence-corrected chi connectivity index (χ3v) is 15.3. The lowest BCUT2D eigenvalue weighted by Crippen LogP contribution is -2.64. The van der Waals surface area contributed by atoms with Gasteiger partial charge >= 0.3 is 5.97 Å². The lowest BCUT2D eigenvalue weighted by Gasteiger charge is -2.68. The maximum Gasteiger partial charge on any atom is 0.302 e. The van der Waals surface area contributed by atoms with Crippen LogP contribution in [0.2, 0.25) is 0 Å². The molecule has 260 valence electrons. The van der Waals surface area contributed by atoms with E-state index in [1.807, 2.05) is 0 Å². The molecular formula is C39H64N2O5. The first kappa shape index (κ1) is 34.4. The minimum atomic E-state index is -0.255. The van der Waals surface area contributed by atoms with Gasteiger partial charge in [-0.3, -0.25) is 14.5 Å². The van der Waals surface area contributed by atoms with Crippen LogP contribution in [0, 0.1) is 57.2 Å². The van der Waals surface area contributed by atoms with Crippen molar-refractivity contribution in [2.24, 2.45) is 57.2 Å². The van der Waals surface area contributed by atoms with E-state index in [-0.39, 0.29) is 40.3 Å². The summed E-state index contributed by atoms with van der Waals surface area (Å²) in [7, 11) is 0. The van der Waals surface area contributed by atoms with Gasteiger partial charge in [0.1, 0.15) is 6.10 Å². The number of nitrogens with zero attached hydrogens (tertiary/aromatic N) is 2. The van der Waals surface area contributed by atoms with Crippen molar-refractivity contribution in [2.75, 3.05) is 52.5 Å². The zero-order valence-corrected chi connectivity index (χ0v) is 30.1. The van der Waals surface area contributed by atoms with Gasteiger partial charge in [0, 0.05) is 45.1 Å². The molecule has 4 saturated carbocycles. The van der Waals surface area contributed by atoms with Gasteiger partial charge in [0.25, 0.3) is 0 Å². The molecule has 1 amide bonds. The van der Waals surface area contributed by atoms with Crippen molar-refractivity contribution >= 4 is 11.9 Å². The van der Waals surface area contributed by atoms with Crippen molar-refractivity contribution in [3.63, 3.8) is 0 Å². The number of amides is 1. The molecule has 0 radical (unpaired) electrons. The highest BCUT2D eigenvalue weighted by molar-refractivity contribution is 5.84. The molecule has 7 heteroatoms. The number of esters is 1. The Morgan fingerprint density at radius 3 is 2.28 bits per heavy atom. The number of aliphatic hydroxyl groups is 1. The van der Waals surface area contributed by atoms with E-state index in [1.54, 1.807) is 12.5 Å². The van der Waals surface area contributed by atoms with Crippen molar-refractivity contribution in [1.29, 1.82) is 0 Å². The summed E-state index contributed by atoms with van der Waals surface area (Å²) in [6.45, 7) is 21.8. The molecule has 1 N–H and O–H groups in total. The highest BCUT2D eigenvalue weighted by Crippen LogP contribution is 2.72. The maximum atomic E-state index is 14.8. The van der Waals surface area contributed by atoms with Gasteiger partial charge in [-0.15, -0.1) is 0 Å². The number of carbonyl (C=O) groups excluding carboxylic acids is 2. The monoisotopic (exact) mass is 640 g/mol. The topological polar surface area (TPSA) is 79.3 Å². The number of hydrogen-bond acceptors (Lipinski definition) is 6. The fourth-order valence-electron chi connectivity index (χ4n) is 12.8. The van der Waals surface area contributed by atoms with Crippen LogP contribution in [0.25, 0.3) is 0 Å². The zero-order chi connectivity index (χ0) is 33.1. The van der Waals surface area contributed by atoms with E-state index in [4.69, 9.17) is 14.6 Å². The van der Waals surface area contributed by atoms with Crippen molar-refractivity contribution in [3.8, 4) is 0 Å². The molecule has 0 aromatic carbocycles. The second kappa shape index (κ2) is 12.8. The Labute approximate surface area is 279 Å². The summed E-state index contributed by atoms with van der Waals surface area (Å²) < 4.78 is 11.5. The van der Waals surface area contributed by atoms with E-state index in [1.165, 1.54) is 12.8 Å². The summed E-state index contributed by atoms with van der Waals surface area (Å²) >= 11 is 0. The summed E-state index contributed by atoms with van der Waals surface area (Å²) in [6, 6.07) is 0. The van der Waals surface area contributed by atoms with Crippen LogP contribution in [0.1, 0.15) is 106 Å². The van der Waals surface area contributed by atoms with E-state index in [9.17, 15) is 9.59 Å². The molecule has 6 aliphatic rings. The fraction of sp³-hybridized carbons (Fsp3) is 0.897. The Morgan fingerprint density at radius 1 is 0.891 bits per heavy atom. The molecule has 0 aromatic heterocycles. The predicted molar refractivity (Wildman–Crippen MR) is 181 cm³/mol. The number of piperazine rings is 1. The van der Waals surface area contributed by atoms with Crippen LogP contribution in [0.5, 0.6) is 0 Å². The lowest BCUT2D eigenvalue weighted by molar-refractivity contribution is -0.201. The van der Waals surface area contributed by atoms with Crippen molar-refractivity contribution in [2.45, 2.75) is 112 Å².